The molecule has 0 rings (SSSR count). The van der Waals surface area contributed by atoms with E-state index in [1.165, 1.54) is 11.8 Å². The van der Waals surface area contributed by atoms with Gasteiger partial charge in [0.15, 0.2) is 0 Å². The molecule has 0 amide bonds. The zero-order valence-electron chi connectivity index (χ0n) is 24.4. The molecule has 4 radical (unpaired) electrons. The molecule has 0 aromatic heterocycles. The Kier molecular flexibility index (Phi) is 37.4. The first-order chi connectivity index (χ1) is 15.4. The van der Waals surface area contributed by atoms with E-state index in [9.17, 15) is 9.59 Å². The number of hydrogen-bond acceptors (Lipinski definition) is 8. The van der Waals surface area contributed by atoms with Crippen LogP contribution in [0.3, 0.4) is 0 Å². The van der Waals surface area contributed by atoms with Crippen LogP contribution in [-0.4, -0.2) is 85.0 Å². The molecule has 0 spiro atoms. The molecule has 0 saturated heterocycles. The number of ether oxygens (including phenoxy) is 4. The number of carbonyl (C=O) groups is 2. The summed E-state index contributed by atoms with van der Waals surface area (Å²) in [5.74, 6) is 3.18. The first kappa shape index (κ1) is 45.3. The summed E-state index contributed by atoms with van der Waals surface area (Å²) in [4.78, 5) is 21.6. The van der Waals surface area contributed by atoms with E-state index in [4.69, 9.17) is 18.9 Å². The smallest absolute Gasteiger partial charge is 0.792 e. The minimum atomic E-state index is -0.243. The van der Waals surface area contributed by atoms with Gasteiger partial charge in [-0.2, -0.15) is 11.5 Å². The summed E-state index contributed by atoms with van der Waals surface area (Å²) in [5.41, 5.74) is -0.352. The number of carbonyl (C=O) groups excluding carboxylic acids is 2. The Bertz CT molecular complexity index is 414. The molecule has 0 aromatic carbocycles. The Morgan fingerprint density at radius 3 is 0.971 bits per heavy atom. The zero-order chi connectivity index (χ0) is 27.8. The number of hydrogen-bond donors (Lipinski definition) is 0. The summed E-state index contributed by atoms with van der Waals surface area (Å²) in [7, 11) is 0. The van der Waals surface area contributed by atoms with Crippen molar-refractivity contribution in [2.24, 2.45) is 0 Å². The third kappa shape index (κ3) is 72.0. The minimum Gasteiger partial charge on any atom is -0.792 e. The van der Waals surface area contributed by atoms with Crippen molar-refractivity contribution in [2.75, 3.05) is 37.9 Å². The second kappa shape index (κ2) is 28.9. The fourth-order valence-corrected chi connectivity index (χ4v) is 1.65. The quantitative estimate of drug-likeness (QED) is 0.135. The fraction of sp³-hybridized carbons (Fsp3) is 0.846. The van der Waals surface area contributed by atoms with Gasteiger partial charge in [0.05, 0.1) is 24.4 Å². The summed E-state index contributed by atoms with van der Waals surface area (Å²) in [6.45, 7) is 25.7. The van der Waals surface area contributed by atoms with Crippen LogP contribution >= 0.6 is 0 Å². The molecule has 0 atom stereocenters. The van der Waals surface area contributed by atoms with Crippen LogP contribution in [0.15, 0.2) is 0 Å². The van der Waals surface area contributed by atoms with E-state index in [0.29, 0.717) is 50.8 Å². The van der Waals surface area contributed by atoms with Crippen molar-refractivity contribution in [2.45, 2.75) is 107 Å². The molecule has 0 aliphatic rings. The maximum Gasteiger partial charge on any atom is 2.00 e. The van der Waals surface area contributed by atoms with Crippen LogP contribution in [0.25, 0.3) is 0 Å². The van der Waals surface area contributed by atoms with Gasteiger partial charge in [-0.15, -0.1) is 0 Å². The number of esters is 2. The molecule has 9 heteroatoms. The van der Waals surface area contributed by atoms with Gasteiger partial charge in [-0.3, -0.25) is 9.59 Å². The molecule has 0 fully saturated rings. The van der Waals surface area contributed by atoms with Gasteiger partial charge in [0.1, 0.15) is 13.2 Å². The van der Waals surface area contributed by atoms with E-state index in [-0.39, 0.29) is 47.0 Å². The van der Waals surface area contributed by atoms with Crippen LogP contribution < -0.4 is 0 Å². The zero-order valence-corrected chi connectivity index (χ0v) is 28.9. The minimum absolute atomic E-state index is 0. The molecule has 35 heavy (non-hydrogen) atoms. The monoisotopic (exact) mass is 644 g/mol. The van der Waals surface area contributed by atoms with Crippen molar-refractivity contribution in [1.82, 2.24) is 0 Å². The van der Waals surface area contributed by atoms with Crippen LogP contribution in [0.1, 0.15) is 95.9 Å². The Hall–Kier alpha value is 0.359. The van der Waals surface area contributed by atoms with E-state index >= 15 is 0 Å². The summed E-state index contributed by atoms with van der Waals surface area (Å²) in [6, 6.07) is 0. The average Bonchev–Trinajstić information content (AvgIpc) is 2.61. The maximum atomic E-state index is 10.8. The van der Waals surface area contributed by atoms with E-state index in [0.717, 1.165) is 0 Å². The van der Waals surface area contributed by atoms with Crippen molar-refractivity contribution >= 4 is 61.1 Å². The van der Waals surface area contributed by atoms with Crippen LogP contribution in [0.2, 0.25) is 0 Å². The molecule has 0 aliphatic heterocycles. The SMILES string of the molecule is CC(C)(C)OCCOC(=O)CC[S-].CC(C)(C)OCCOC(=O)CC[S-].C[C](C)C.C[C](C)C.[Sn+2]. The summed E-state index contributed by atoms with van der Waals surface area (Å²) >= 11 is 9.27. The van der Waals surface area contributed by atoms with Crippen molar-refractivity contribution in [3.05, 3.63) is 11.8 Å². The Balaban J connectivity index is -0.000000128. The fourth-order valence-electron chi connectivity index (χ4n) is 1.32. The van der Waals surface area contributed by atoms with Crippen molar-refractivity contribution < 1.29 is 28.5 Å². The van der Waals surface area contributed by atoms with Crippen molar-refractivity contribution in [3.63, 3.8) is 0 Å². The van der Waals surface area contributed by atoms with Crippen LogP contribution in [0.5, 0.6) is 0 Å². The predicted molar refractivity (Wildman–Crippen MR) is 153 cm³/mol. The van der Waals surface area contributed by atoms with E-state index in [1.54, 1.807) is 0 Å². The van der Waals surface area contributed by atoms with Gasteiger partial charge in [0, 0.05) is 12.8 Å². The Morgan fingerprint density at radius 1 is 0.571 bits per heavy atom. The summed E-state index contributed by atoms with van der Waals surface area (Å²) in [5, 5.41) is 0. The van der Waals surface area contributed by atoms with Gasteiger partial charge in [0.2, 0.25) is 0 Å². The first-order valence-electron chi connectivity index (χ1n) is 11.7. The third-order valence-corrected chi connectivity index (χ3v) is 2.78. The predicted octanol–water partition coefficient (Wildman–Crippen LogP) is 5.42. The molecule has 0 unspecified atom stereocenters. The Morgan fingerprint density at radius 2 is 0.800 bits per heavy atom. The second-order valence-corrected chi connectivity index (χ2v) is 11.1. The molecule has 0 aromatic rings. The van der Waals surface area contributed by atoms with Gasteiger partial charge in [-0.05, 0) is 53.4 Å². The normalized spacial score (nSPS) is 10.5. The van der Waals surface area contributed by atoms with E-state index in [2.05, 4.69) is 66.8 Å². The molecule has 0 N–H and O–H groups in total. The number of rotatable bonds is 10. The van der Waals surface area contributed by atoms with Gasteiger partial charge < -0.3 is 44.2 Å². The van der Waals surface area contributed by atoms with E-state index in [1.807, 2.05) is 41.5 Å². The molecular weight excluding hydrogens is 591 g/mol. The van der Waals surface area contributed by atoms with Gasteiger partial charge in [-0.1, -0.05) is 41.5 Å². The van der Waals surface area contributed by atoms with Gasteiger partial charge in [0.25, 0.3) is 0 Å². The molecule has 208 valence electrons. The topological polar surface area (TPSA) is 71.1 Å². The van der Waals surface area contributed by atoms with Gasteiger partial charge >= 0.3 is 35.8 Å². The first-order valence-corrected chi connectivity index (χ1v) is 12.8. The third-order valence-electron chi connectivity index (χ3n) is 2.38. The summed E-state index contributed by atoms with van der Waals surface area (Å²) in [6.07, 6.45) is 0.621. The second-order valence-electron chi connectivity index (χ2n) is 10.3. The van der Waals surface area contributed by atoms with Crippen LogP contribution in [0, 0.1) is 11.8 Å². The molecule has 0 bridgehead atoms. The van der Waals surface area contributed by atoms with Crippen molar-refractivity contribution in [1.29, 1.82) is 0 Å². The van der Waals surface area contributed by atoms with Crippen LogP contribution in [0.4, 0.5) is 0 Å². The largest absolute Gasteiger partial charge is 2.00 e. The molecule has 0 saturated carbocycles. The maximum absolute atomic E-state index is 10.8. The standard InChI is InChI=1S/2C9H18O3S.2C4H9.Sn/c2*1-9(2,3)12-6-5-11-8(10)4-7-13;2*1-4(2)3;/h2*13H,4-7H2,1-3H3;2*1-3H3;/q;;;;+2/p-2. The molecule has 0 heterocycles. The van der Waals surface area contributed by atoms with Crippen LogP contribution in [-0.2, 0) is 53.8 Å². The Labute approximate surface area is 245 Å². The molecule has 0 aliphatic carbocycles. The summed E-state index contributed by atoms with van der Waals surface area (Å²) < 4.78 is 20.4. The molecular formula is C26H52O6S2Sn. The average molecular weight is 644 g/mol. The van der Waals surface area contributed by atoms with Crippen molar-refractivity contribution in [3.8, 4) is 0 Å². The van der Waals surface area contributed by atoms with Gasteiger partial charge in [-0.25, -0.2) is 0 Å². The van der Waals surface area contributed by atoms with E-state index < -0.39 is 0 Å². The molecule has 6 nitrogen and oxygen atoms in total.